The summed E-state index contributed by atoms with van der Waals surface area (Å²) in [6, 6.07) is -0.645. The average molecular weight is 953 g/mol. The van der Waals surface area contributed by atoms with Gasteiger partial charge in [0.1, 0.15) is 0 Å². The summed E-state index contributed by atoms with van der Waals surface area (Å²) < 4.78 is 0. The van der Waals surface area contributed by atoms with Crippen LogP contribution in [0.15, 0.2) is 48.6 Å². The van der Waals surface area contributed by atoms with E-state index in [1.807, 2.05) is 6.08 Å². The highest BCUT2D eigenvalue weighted by Crippen LogP contribution is 2.17. The van der Waals surface area contributed by atoms with Crippen LogP contribution in [0, 0.1) is 0 Å². The second kappa shape index (κ2) is 59.7. The highest BCUT2D eigenvalue weighted by molar-refractivity contribution is 5.76. The van der Waals surface area contributed by atoms with E-state index < -0.39 is 12.1 Å². The van der Waals surface area contributed by atoms with Crippen molar-refractivity contribution in [2.24, 2.45) is 0 Å². The van der Waals surface area contributed by atoms with Gasteiger partial charge in [-0.15, -0.1) is 0 Å². The molecule has 0 saturated heterocycles. The zero-order valence-corrected chi connectivity index (χ0v) is 46.1. The maximum atomic E-state index is 12.5. The molecular formula is C64H121NO3. The van der Waals surface area contributed by atoms with E-state index in [0.29, 0.717) is 6.42 Å². The summed E-state index contributed by atoms with van der Waals surface area (Å²) in [5.41, 5.74) is 0. The zero-order valence-electron chi connectivity index (χ0n) is 46.1. The van der Waals surface area contributed by atoms with Gasteiger partial charge in [0.25, 0.3) is 0 Å². The minimum absolute atomic E-state index is 0.0725. The number of hydrogen-bond donors (Lipinski definition) is 3. The molecular weight excluding hydrogens is 831 g/mol. The molecule has 0 spiro atoms. The molecule has 0 fully saturated rings. The summed E-state index contributed by atoms with van der Waals surface area (Å²) in [6.45, 7) is 4.32. The standard InChI is InChI=1S/C64H121NO3/c1-3-5-7-9-11-13-15-17-19-21-23-24-25-26-27-28-29-30-31-32-33-34-35-36-37-38-39-40-42-44-46-48-50-52-54-56-58-60-64(68)65-62(61-66)63(67)59-57-55-53-51-49-47-45-43-41-22-20-18-16-14-12-10-8-6-4-2/h21,23,41,43,49,51,57,59,62-63,66-67H,3-20,22,24-40,42,44-48,50,52-56,58,60-61H2,1-2H3,(H,65,68)/b23-21-,43-41+,51-49+,59-57+. The molecule has 0 bridgehead atoms. The predicted octanol–water partition coefficient (Wildman–Crippen LogP) is 20.6. The van der Waals surface area contributed by atoms with Gasteiger partial charge in [-0.05, 0) is 70.6 Å². The number of nitrogens with one attached hydrogen (secondary N) is 1. The number of carbonyl (C=O) groups excluding carboxylic acids is 1. The van der Waals surface area contributed by atoms with E-state index in [0.717, 1.165) is 38.5 Å². The van der Waals surface area contributed by atoms with Crippen molar-refractivity contribution in [2.45, 2.75) is 347 Å². The van der Waals surface area contributed by atoms with Crippen molar-refractivity contribution >= 4 is 5.91 Å². The topological polar surface area (TPSA) is 69.6 Å². The monoisotopic (exact) mass is 952 g/mol. The van der Waals surface area contributed by atoms with Gasteiger partial charge in [0, 0.05) is 6.42 Å². The van der Waals surface area contributed by atoms with Crippen molar-refractivity contribution in [3.63, 3.8) is 0 Å². The van der Waals surface area contributed by atoms with Crippen molar-refractivity contribution in [3.8, 4) is 0 Å². The molecule has 4 nitrogen and oxygen atoms in total. The quantitative estimate of drug-likeness (QED) is 0.0420. The van der Waals surface area contributed by atoms with E-state index in [4.69, 9.17) is 0 Å². The van der Waals surface area contributed by atoms with E-state index >= 15 is 0 Å². The van der Waals surface area contributed by atoms with Gasteiger partial charge in [0.2, 0.25) is 5.91 Å². The highest BCUT2D eigenvalue weighted by atomic mass is 16.3. The lowest BCUT2D eigenvalue weighted by Gasteiger charge is -2.19. The first-order chi connectivity index (χ1) is 33.7. The van der Waals surface area contributed by atoms with E-state index in [-0.39, 0.29) is 12.5 Å². The van der Waals surface area contributed by atoms with E-state index in [9.17, 15) is 15.0 Å². The van der Waals surface area contributed by atoms with Gasteiger partial charge in [-0.1, -0.05) is 306 Å². The molecule has 0 aliphatic carbocycles. The predicted molar refractivity (Wildman–Crippen MR) is 304 cm³/mol. The second-order valence-corrected chi connectivity index (χ2v) is 21.1. The average Bonchev–Trinajstić information content (AvgIpc) is 3.34. The van der Waals surface area contributed by atoms with Crippen LogP contribution in [0.2, 0.25) is 0 Å². The number of aliphatic hydroxyl groups excluding tert-OH is 2. The molecule has 1 amide bonds. The lowest BCUT2D eigenvalue weighted by molar-refractivity contribution is -0.123. The van der Waals surface area contributed by atoms with Crippen molar-refractivity contribution in [3.05, 3.63) is 48.6 Å². The minimum Gasteiger partial charge on any atom is -0.394 e. The van der Waals surface area contributed by atoms with Crippen LogP contribution in [0.3, 0.4) is 0 Å². The third kappa shape index (κ3) is 55.3. The van der Waals surface area contributed by atoms with Gasteiger partial charge in [-0.25, -0.2) is 0 Å². The fraction of sp³-hybridized carbons (Fsp3) is 0.859. The third-order valence-electron chi connectivity index (χ3n) is 14.3. The van der Waals surface area contributed by atoms with Gasteiger partial charge in [0.15, 0.2) is 0 Å². The van der Waals surface area contributed by atoms with E-state index in [1.54, 1.807) is 6.08 Å². The van der Waals surface area contributed by atoms with Crippen LogP contribution < -0.4 is 5.32 Å². The van der Waals surface area contributed by atoms with Crippen molar-refractivity contribution < 1.29 is 15.0 Å². The van der Waals surface area contributed by atoms with Gasteiger partial charge in [0.05, 0.1) is 18.8 Å². The maximum absolute atomic E-state index is 12.5. The summed E-state index contributed by atoms with van der Waals surface area (Å²) >= 11 is 0. The van der Waals surface area contributed by atoms with Crippen molar-refractivity contribution in [1.29, 1.82) is 0 Å². The van der Waals surface area contributed by atoms with Crippen LogP contribution >= 0.6 is 0 Å². The molecule has 0 aromatic heterocycles. The molecule has 0 rings (SSSR count). The van der Waals surface area contributed by atoms with Gasteiger partial charge >= 0.3 is 0 Å². The van der Waals surface area contributed by atoms with Crippen LogP contribution in [0.5, 0.6) is 0 Å². The molecule has 0 aliphatic rings. The van der Waals surface area contributed by atoms with Crippen molar-refractivity contribution in [2.75, 3.05) is 6.61 Å². The summed E-state index contributed by atoms with van der Waals surface area (Å²) in [6.07, 6.45) is 83.1. The Morgan fingerprint density at radius 2 is 0.574 bits per heavy atom. The third-order valence-corrected chi connectivity index (χ3v) is 14.3. The molecule has 0 saturated carbocycles. The van der Waals surface area contributed by atoms with Crippen LogP contribution in [0.4, 0.5) is 0 Å². The van der Waals surface area contributed by atoms with Crippen LogP contribution in [0.1, 0.15) is 335 Å². The number of carbonyl (C=O) groups is 1. The van der Waals surface area contributed by atoms with Crippen LogP contribution in [-0.4, -0.2) is 34.9 Å². The number of aliphatic hydroxyl groups is 2. The Labute approximate surface area is 426 Å². The molecule has 0 aromatic rings. The first-order valence-electron chi connectivity index (χ1n) is 30.9. The maximum Gasteiger partial charge on any atom is 0.220 e. The molecule has 4 heteroatoms. The lowest BCUT2D eigenvalue weighted by Crippen LogP contribution is -2.45. The fourth-order valence-corrected chi connectivity index (χ4v) is 9.56. The van der Waals surface area contributed by atoms with E-state index in [1.165, 1.54) is 276 Å². The Bertz CT molecular complexity index is 1080. The minimum atomic E-state index is -0.870. The number of hydrogen-bond acceptors (Lipinski definition) is 3. The lowest BCUT2D eigenvalue weighted by atomic mass is 10.0. The van der Waals surface area contributed by atoms with E-state index in [2.05, 4.69) is 55.6 Å². The summed E-state index contributed by atoms with van der Waals surface area (Å²) in [5.74, 6) is -0.0725. The van der Waals surface area contributed by atoms with Gasteiger partial charge in [-0.2, -0.15) is 0 Å². The Morgan fingerprint density at radius 1 is 0.338 bits per heavy atom. The normalized spacial score (nSPS) is 13.1. The summed E-state index contributed by atoms with van der Waals surface area (Å²) in [5, 5.41) is 23.1. The first kappa shape index (κ1) is 66.3. The number of unbranched alkanes of at least 4 members (excludes halogenated alkanes) is 44. The number of allylic oxidation sites excluding steroid dienone is 7. The fourth-order valence-electron chi connectivity index (χ4n) is 9.56. The Hall–Kier alpha value is -1.65. The molecule has 0 heterocycles. The Kier molecular flexibility index (Phi) is 58.2. The molecule has 3 N–H and O–H groups in total. The SMILES string of the molecule is CCCCCCCCCC/C=C\CCCCCCCCCCCCCCCCCCCCCCCCCCCC(=O)NC(CO)C(O)/C=C/CC/C=C/CC/C=C/CCCCCCCCCCC. The number of amides is 1. The Morgan fingerprint density at radius 3 is 0.853 bits per heavy atom. The second-order valence-electron chi connectivity index (χ2n) is 21.1. The van der Waals surface area contributed by atoms with Crippen LogP contribution in [0.25, 0.3) is 0 Å². The number of rotatable bonds is 57. The largest absolute Gasteiger partial charge is 0.394 e. The molecule has 0 radical (unpaired) electrons. The zero-order chi connectivity index (χ0) is 49.2. The first-order valence-corrected chi connectivity index (χ1v) is 30.9. The Balaban J connectivity index is 3.44. The molecule has 2 atom stereocenters. The van der Waals surface area contributed by atoms with Gasteiger partial charge < -0.3 is 15.5 Å². The smallest absolute Gasteiger partial charge is 0.220 e. The van der Waals surface area contributed by atoms with Crippen molar-refractivity contribution in [1.82, 2.24) is 5.32 Å². The van der Waals surface area contributed by atoms with Gasteiger partial charge in [-0.3, -0.25) is 4.79 Å². The summed E-state index contributed by atoms with van der Waals surface area (Å²) in [7, 11) is 0. The van der Waals surface area contributed by atoms with Crippen LogP contribution in [-0.2, 0) is 4.79 Å². The highest BCUT2D eigenvalue weighted by Gasteiger charge is 2.18. The summed E-state index contributed by atoms with van der Waals surface area (Å²) in [4.78, 5) is 12.5. The molecule has 0 aromatic carbocycles. The molecule has 0 aliphatic heterocycles. The molecule has 400 valence electrons. The molecule has 68 heavy (non-hydrogen) atoms. The molecule has 2 unspecified atom stereocenters.